The summed E-state index contributed by atoms with van der Waals surface area (Å²) < 4.78 is 26.8. The molecule has 2 fully saturated rings. The van der Waals surface area contributed by atoms with Gasteiger partial charge in [0.25, 0.3) is 0 Å². The van der Waals surface area contributed by atoms with Gasteiger partial charge in [0.1, 0.15) is 5.54 Å². The van der Waals surface area contributed by atoms with E-state index in [2.05, 4.69) is 5.32 Å². The number of sulfonamides is 1. The standard InChI is InChI=1S/C23H35N3O4S/c1-5-14-31(29,30)25-15-21(27)26(20-13-9-10-17(2)18(20)3)23(4,16-25)22(28)24-19-11-7-6-8-12-19/h9-10,13,19H,5-8,11-12,14-16H2,1-4H3,(H,24,28)/t23-/m0/s1. The van der Waals surface area contributed by atoms with Crippen LogP contribution in [-0.4, -0.2) is 55.0 Å². The number of hydrogen-bond donors (Lipinski definition) is 1. The van der Waals surface area contributed by atoms with Crippen molar-refractivity contribution in [3.05, 3.63) is 29.3 Å². The average molecular weight is 450 g/mol. The van der Waals surface area contributed by atoms with E-state index >= 15 is 0 Å². The van der Waals surface area contributed by atoms with Crippen molar-refractivity contribution in [2.24, 2.45) is 0 Å². The smallest absolute Gasteiger partial charge is 0.247 e. The summed E-state index contributed by atoms with van der Waals surface area (Å²) >= 11 is 0. The van der Waals surface area contributed by atoms with Gasteiger partial charge in [-0.05, 0) is 57.2 Å². The largest absolute Gasteiger partial charge is 0.351 e. The van der Waals surface area contributed by atoms with Crippen LogP contribution < -0.4 is 10.2 Å². The maximum Gasteiger partial charge on any atom is 0.247 e. The molecule has 1 aliphatic carbocycles. The minimum Gasteiger partial charge on any atom is -0.351 e. The van der Waals surface area contributed by atoms with Gasteiger partial charge in [0.2, 0.25) is 21.8 Å². The Kier molecular flexibility index (Phi) is 7.11. The first kappa shape index (κ1) is 23.7. The summed E-state index contributed by atoms with van der Waals surface area (Å²) in [4.78, 5) is 28.5. The lowest BCUT2D eigenvalue weighted by molar-refractivity contribution is -0.133. The van der Waals surface area contributed by atoms with Crippen molar-refractivity contribution < 1.29 is 18.0 Å². The van der Waals surface area contributed by atoms with Gasteiger partial charge in [0, 0.05) is 18.3 Å². The molecule has 1 aromatic carbocycles. The number of hydrogen-bond acceptors (Lipinski definition) is 4. The molecule has 1 saturated heterocycles. The van der Waals surface area contributed by atoms with Gasteiger partial charge in [0.05, 0.1) is 12.3 Å². The van der Waals surface area contributed by atoms with Crippen LogP contribution in [-0.2, 0) is 19.6 Å². The Morgan fingerprint density at radius 3 is 2.52 bits per heavy atom. The van der Waals surface area contributed by atoms with Gasteiger partial charge < -0.3 is 5.32 Å². The van der Waals surface area contributed by atoms with E-state index in [9.17, 15) is 18.0 Å². The Hall–Kier alpha value is -1.93. The summed E-state index contributed by atoms with van der Waals surface area (Å²) in [7, 11) is -3.62. The monoisotopic (exact) mass is 449 g/mol. The lowest BCUT2D eigenvalue weighted by Gasteiger charge is -2.47. The Bertz CT molecular complexity index is 940. The molecule has 1 N–H and O–H groups in total. The summed E-state index contributed by atoms with van der Waals surface area (Å²) in [5.74, 6) is -0.699. The lowest BCUT2D eigenvalue weighted by atomic mass is 9.90. The van der Waals surface area contributed by atoms with E-state index in [0.717, 1.165) is 36.8 Å². The number of nitrogens with zero attached hydrogens (tertiary/aromatic N) is 2. The first-order valence-corrected chi connectivity index (χ1v) is 12.9. The average Bonchev–Trinajstić information content (AvgIpc) is 2.71. The lowest BCUT2D eigenvalue weighted by Crippen LogP contribution is -2.71. The molecular formula is C23H35N3O4S. The minimum absolute atomic E-state index is 0.0376. The summed E-state index contributed by atoms with van der Waals surface area (Å²) in [6.07, 6.45) is 5.59. The number of carbonyl (C=O) groups excluding carboxylic acids is 2. The quantitative estimate of drug-likeness (QED) is 0.723. The Labute approximate surface area is 186 Å². The number of aryl methyl sites for hydroxylation is 1. The molecule has 172 valence electrons. The molecule has 1 heterocycles. The van der Waals surface area contributed by atoms with Crippen LogP contribution in [0.4, 0.5) is 5.69 Å². The maximum atomic E-state index is 13.6. The number of amides is 2. The van der Waals surface area contributed by atoms with Crippen LogP contribution >= 0.6 is 0 Å². The molecule has 31 heavy (non-hydrogen) atoms. The molecule has 1 atom stereocenters. The fourth-order valence-corrected chi connectivity index (χ4v) is 6.22. The van der Waals surface area contributed by atoms with E-state index < -0.39 is 15.6 Å². The first-order chi connectivity index (χ1) is 14.6. The number of rotatable bonds is 6. The summed E-state index contributed by atoms with van der Waals surface area (Å²) in [5.41, 5.74) is 1.27. The third-order valence-electron chi connectivity index (χ3n) is 6.64. The molecule has 7 nitrogen and oxygen atoms in total. The molecule has 2 amide bonds. The molecular weight excluding hydrogens is 414 g/mol. The second-order valence-electron chi connectivity index (χ2n) is 9.11. The van der Waals surface area contributed by atoms with Gasteiger partial charge in [0.15, 0.2) is 0 Å². The topological polar surface area (TPSA) is 86.8 Å². The van der Waals surface area contributed by atoms with Crippen LogP contribution in [0.5, 0.6) is 0 Å². The molecule has 1 saturated carbocycles. The van der Waals surface area contributed by atoms with E-state index in [1.165, 1.54) is 15.6 Å². The number of benzene rings is 1. The van der Waals surface area contributed by atoms with Crippen molar-refractivity contribution in [1.82, 2.24) is 9.62 Å². The predicted octanol–water partition coefficient (Wildman–Crippen LogP) is 2.90. The number of piperazine rings is 1. The zero-order chi connectivity index (χ0) is 22.8. The molecule has 0 aromatic heterocycles. The van der Waals surface area contributed by atoms with Crippen LogP contribution in [0, 0.1) is 13.8 Å². The molecule has 0 unspecified atom stereocenters. The van der Waals surface area contributed by atoms with Gasteiger partial charge in [-0.1, -0.05) is 38.3 Å². The van der Waals surface area contributed by atoms with E-state index in [1.807, 2.05) is 32.0 Å². The second-order valence-corrected chi connectivity index (χ2v) is 11.2. The van der Waals surface area contributed by atoms with Crippen molar-refractivity contribution in [1.29, 1.82) is 0 Å². The molecule has 2 aliphatic rings. The molecule has 1 aliphatic heterocycles. The van der Waals surface area contributed by atoms with Gasteiger partial charge >= 0.3 is 0 Å². The molecule has 0 spiro atoms. The van der Waals surface area contributed by atoms with Crippen molar-refractivity contribution in [2.75, 3.05) is 23.7 Å². The number of carbonyl (C=O) groups is 2. The van der Waals surface area contributed by atoms with E-state index in [0.29, 0.717) is 12.1 Å². The zero-order valence-corrected chi connectivity index (χ0v) is 19.9. The molecule has 0 radical (unpaired) electrons. The van der Waals surface area contributed by atoms with Crippen molar-refractivity contribution in [2.45, 2.75) is 77.8 Å². The van der Waals surface area contributed by atoms with Crippen molar-refractivity contribution in [3.63, 3.8) is 0 Å². The third-order valence-corrected chi connectivity index (χ3v) is 8.61. The zero-order valence-electron chi connectivity index (χ0n) is 19.1. The van der Waals surface area contributed by atoms with Gasteiger partial charge in [-0.25, -0.2) is 8.42 Å². The van der Waals surface area contributed by atoms with Crippen molar-refractivity contribution in [3.8, 4) is 0 Å². The molecule has 3 rings (SSSR count). The highest BCUT2D eigenvalue weighted by Crippen LogP contribution is 2.34. The second kappa shape index (κ2) is 9.28. The van der Waals surface area contributed by atoms with Crippen LogP contribution in [0.25, 0.3) is 0 Å². The van der Waals surface area contributed by atoms with E-state index in [4.69, 9.17) is 0 Å². The van der Waals surface area contributed by atoms with Gasteiger partial charge in [-0.15, -0.1) is 0 Å². The summed E-state index contributed by atoms with van der Waals surface area (Å²) in [6.45, 7) is 7.08. The van der Waals surface area contributed by atoms with Gasteiger partial charge in [-0.2, -0.15) is 4.31 Å². The summed E-state index contributed by atoms with van der Waals surface area (Å²) in [5, 5.41) is 3.13. The fourth-order valence-electron chi connectivity index (χ4n) is 4.69. The normalized spacial score (nSPS) is 23.7. The SMILES string of the molecule is CCCS(=O)(=O)N1CC(=O)N(c2cccc(C)c2C)[C@](C)(C(=O)NC2CCCCC2)C1. The van der Waals surface area contributed by atoms with E-state index in [-0.39, 0.29) is 36.7 Å². The highest BCUT2D eigenvalue weighted by Gasteiger charge is 2.51. The fraction of sp³-hybridized carbons (Fsp3) is 0.652. The van der Waals surface area contributed by atoms with Crippen LogP contribution in [0.15, 0.2) is 18.2 Å². The maximum absolute atomic E-state index is 13.6. The molecule has 8 heteroatoms. The van der Waals surface area contributed by atoms with Crippen LogP contribution in [0.2, 0.25) is 0 Å². The summed E-state index contributed by atoms with van der Waals surface area (Å²) in [6, 6.07) is 5.73. The Balaban J connectivity index is 2.02. The molecule has 0 bridgehead atoms. The number of nitrogens with one attached hydrogen (secondary N) is 1. The first-order valence-electron chi connectivity index (χ1n) is 11.3. The number of anilines is 1. The Morgan fingerprint density at radius 2 is 1.87 bits per heavy atom. The predicted molar refractivity (Wildman–Crippen MR) is 122 cm³/mol. The van der Waals surface area contributed by atoms with Gasteiger partial charge in [-0.3, -0.25) is 14.5 Å². The van der Waals surface area contributed by atoms with Crippen LogP contribution in [0.3, 0.4) is 0 Å². The molecule has 1 aromatic rings. The highest BCUT2D eigenvalue weighted by atomic mass is 32.2. The Morgan fingerprint density at radius 1 is 1.19 bits per heavy atom. The van der Waals surface area contributed by atoms with Crippen LogP contribution in [0.1, 0.15) is 63.5 Å². The third kappa shape index (κ3) is 4.80. The van der Waals surface area contributed by atoms with E-state index in [1.54, 1.807) is 13.8 Å². The van der Waals surface area contributed by atoms with Crippen molar-refractivity contribution >= 4 is 27.5 Å². The highest BCUT2D eigenvalue weighted by molar-refractivity contribution is 7.89. The minimum atomic E-state index is -3.62.